The van der Waals surface area contributed by atoms with Crippen molar-refractivity contribution in [1.29, 1.82) is 0 Å². The molecule has 0 spiro atoms. The number of carbonyl (C=O) groups excluding carboxylic acids is 2. The number of rotatable bonds is 5. The molecule has 2 aromatic heterocycles. The Labute approximate surface area is 137 Å². The number of furan rings is 2. The van der Waals surface area contributed by atoms with Crippen LogP contribution >= 0.6 is 0 Å². The molecule has 6 nitrogen and oxygen atoms in total. The molecule has 0 aliphatic carbocycles. The van der Waals surface area contributed by atoms with E-state index < -0.39 is 11.9 Å². The van der Waals surface area contributed by atoms with E-state index in [2.05, 4.69) is 4.74 Å². The van der Waals surface area contributed by atoms with Crippen molar-refractivity contribution in [1.82, 2.24) is 0 Å². The van der Waals surface area contributed by atoms with Gasteiger partial charge in [0, 0.05) is 11.1 Å². The summed E-state index contributed by atoms with van der Waals surface area (Å²) in [4.78, 5) is 23.8. The molecule has 0 saturated heterocycles. The predicted molar refractivity (Wildman–Crippen MR) is 83.3 cm³/mol. The zero-order valence-corrected chi connectivity index (χ0v) is 12.9. The molecule has 3 rings (SSSR count). The van der Waals surface area contributed by atoms with Crippen molar-refractivity contribution < 1.29 is 27.9 Å². The van der Waals surface area contributed by atoms with Crippen LogP contribution in [0.2, 0.25) is 0 Å². The van der Waals surface area contributed by atoms with Crippen LogP contribution in [0.3, 0.4) is 0 Å². The van der Waals surface area contributed by atoms with Crippen molar-refractivity contribution in [2.75, 3.05) is 7.11 Å². The molecule has 3 aromatic rings. The Bertz CT molecular complexity index is 843. The Balaban J connectivity index is 1.75. The molecule has 2 heterocycles. The molecule has 1 aromatic carbocycles. The van der Waals surface area contributed by atoms with E-state index in [1.54, 1.807) is 12.1 Å². The van der Waals surface area contributed by atoms with Gasteiger partial charge in [0.2, 0.25) is 11.5 Å². The number of esters is 2. The Morgan fingerprint density at radius 1 is 0.917 bits per heavy atom. The van der Waals surface area contributed by atoms with Gasteiger partial charge in [-0.05, 0) is 17.7 Å². The van der Waals surface area contributed by atoms with E-state index in [0.717, 1.165) is 5.56 Å². The maximum atomic E-state index is 12.3. The molecule has 6 heteroatoms. The summed E-state index contributed by atoms with van der Waals surface area (Å²) in [5, 5.41) is 0. The molecule has 0 radical (unpaired) electrons. The third-order valence-electron chi connectivity index (χ3n) is 3.41. The highest BCUT2D eigenvalue weighted by Crippen LogP contribution is 2.25. The lowest BCUT2D eigenvalue weighted by Gasteiger charge is -2.05. The molecule has 122 valence electrons. The molecule has 24 heavy (non-hydrogen) atoms. The van der Waals surface area contributed by atoms with E-state index in [1.165, 1.54) is 19.6 Å². The Morgan fingerprint density at radius 2 is 1.62 bits per heavy atom. The van der Waals surface area contributed by atoms with E-state index >= 15 is 0 Å². The van der Waals surface area contributed by atoms with Gasteiger partial charge in [-0.3, -0.25) is 0 Å². The first-order valence-corrected chi connectivity index (χ1v) is 7.15. The molecule has 0 N–H and O–H groups in total. The summed E-state index contributed by atoms with van der Waals surface area (Å²) in [7, 11) is 1.25. The second kappa shape index (κ2) is 6.87. The molecular weight excluding hydrogens is 312 g/mol. The van der Waals surface area contributed by atoms with Gasteiger partial charge in [-0.15, -0.1) is 0 Å². The number of carbonyl (C=O) groups is 2. The summed E-state index contributed by atoms with van der Waals surface area (Å²) in [5.41, 5.74) is 1.90. The molecule has 0 amide bonds. The van der Waals surface area contributed by atoms with Crippen LogP contribution in [0, 0.1) is 0 Å². The van der Waals surface area contributed by atoms with Crippen molar-refractivity contribution in [2.24, 2.45) is 0 Å². The van der Waals surface area contributed by atoms with Crippen molar-refractivity contribution in [2.45, 2.75) is 6.61 Å². The largest absolute Gasteiger partial charge is 0.463 e. The first-order valence-electron chi connectivity index (χ1n) is 7.15. The topological polar surface area (TPSA) is 78.9 Å². The van der Waals surface area contributed by atoms with Gasteiger partial charge >= 0.3 is 11.9 Å². The van der Waals surface area contributed by atoms with Crippen LogP contribution in [0.4, 0.5) is 0 Å². The first-order chi connectivity index (χ1) is 11.7. The number of methoxy groups -OCH3 is 1. The molecule has 0 aliphatic rings. The number of ether oxygens (including phenoxy) is 2. The van der Waals surface area contributed by atoms with E-state index in [-0.39, 0.29) is 18.1 Å². The van der Waals surface area contributed by atoms with Gasteiger partial charge in [0.25, 0.3) is 0 Å². The molecule has 0 aliphatic heterocycles. The van der Waals surface area contributed by atoms with Gasteiger partial charge < -0.3 is 18.3 Å². The molecule has 0 unspecified atom stereocenters. The summed E-state index contributed by atoms with van der Waals surface area (Å²) < 4.78 is 20.1. The summed E-state index contributed by atoms with van der Waals surface area (Å²) >= 11 is 0. The third-order valence-corrected chi connectivity index (χ3v) is 3.41. The van der Waals surface area contributed by atoms with E-state index in [0.29, 0.717) is 11.1 Å². The van der Waals surface area contributed by atoms with Crippen LogP contribution < -0.4 is 0 Å². The fraction of sp³-hybridized carbons (Fsp3) is 0.111. The second-order valence-corrected chi connectivity index (χ2v) is 4.87. The summed E-state index contributed by atoms with van der Waals surface area (Å²) in [6.07, 6.45) is 2.76. The minimum atomic E-state index is -0.631. The van der Waals surface area contributed by atoms with Crippen LogP contribution in [0.15, 0.2) is 63.8 Å². The predicted octanol–water partition coefficient (Wildman–Crippen LogP) is 3.68. The SMILES string of the molecule is COC(=O)c1occc1COC(=O)c1occc1-c1ccccc1. The van der Waals surface area contributed by atoms with Crippen LogP contribution in [0.1, 0.15) is 26.7 Å². The molecule has 0 bridgehead atoms. The summed E-state index contributed by atoms with van der Waals surface area (Å²) in [6.45, 7) is -0.130. The first kappa shape index (κ1) is 15.6. The molecule has 0 saturated carbocycles. The smallest absolute Gasteiger partial charge is 0.375 e. The molecule has 0 fully saturated rings. The number of hydrogen-bond acceptors (Lipinski definition) is 6. The van der Waals surface area contributed by atoms with Gasteiger partial charge in [0.05, 0.1) is 19.6 Å². The summed E-state index contributed by atoms with van der Waals surface area (Å²) in [5.74, 6) is -1.15. The van der Waals surface area contributed by atoms with Gasteiger partial charge in [-0.1, -0.05) is 30.3 Å². The van der Waals surface area contributed by atoms with Gasteiger partial charge in [-0.25, -0.2) is 9.59 Å². The van der Waals surface area contributed by atoms with Gasteiger partial charge in [0.15, 0.2) is 0 Å². The van der Waals surface area contributed by atoms with Crippen molar-refractivity contribution in [3.63, 3.8) is 0 Å². The lowest BCUT2D eigenvalue weighted by atomic mass is 10.1. The zero-order chi connectivity index (χ0) is 16.9. The normalized spacial score (nSPS) is 10.4. The lowest BCUT2D eigenvalue weighted by molar-refractivity contribution is 0.0422. The molecule has 0 atom stereocenters. The van der Waals surface area contributed by atoms with Crippen LogP contribution in [-0.4, -0.2) is 19.0 Å². The van der Waals surface area contributed by atoms with Gasteiger partial charge in [0.1, 0.15) is 6.61 Å². The summed E-state index contributed by atoms with van der Waals surface area (Å²) in [6, 6.07) is 12.6. The van der Waals surface area contributed by atoms with Crippen LogP contribution in [-0.2, 0) is 16.1 Å². The zero-order valence-electron chi connectivity index (χ0n) is 12.9. The Kier molecular flexibility index (Phi) is 4.47. The Morgan fingerprint density at radius 3 is 2.38 bits per heavy atom. The highest BCUT2D eigenvalue weighted by molar-refractivity contribution is 5.94. The average Bonchev–Trinajstić information content (AvgIpc) is 3.29. The minimum absolute atomic E-state index is 0.00743. The lowest BCUT2D eigenvalue weighted by Crippen LogP contribution is -2.08. The number of benzene rings is 1. The van der Waals surface area contributed by atoms with E-state index in [9.17, 15) is 9.59 Å². The molecular formula is C18H14O6. The highest BCUT2D eigenvalue weighted by atomic mass is 16.5. The number of hydrogen-bond donors (Lipinski definition) is 0. The van der Waals surface area contributed by atoms with E-state index in [1.807, 2.05) is 30.3 Å². The van der Waals surface area contributed by atoms with Crippen molar-refractivity contribution in [3.8, 4) is 11.1 Å². The van der Waals surface area contributed by atoms with Crippen LogP contribution in [0.25, 0.3) is 11.1 Å². The van der Waals surface area contributed by atoms with Crippen molar-refractivity contribution >= 4 is 11.9 Å². The Hall–Kier alpha value is -3.28. The van der Waals surface area contributed by atoms with Crippen LogP contribution in [0.5, 0.6) is 0 Å². The fourth-order valence-electron chi connectivity index (χ4n) is 2.24. The maximum absolute atomic E-state index is 12.3. The maximum Gasteiger partial charge on any atom is 0.375 e. The quantitative estimate of drug-likeness (QED) is 0.665. The van der Waals surface area contributed by atoms with Gasteiger partial charge in [-0.2, -0.15) is 0 Å². The monoisotopic (exact) mass is 326 g/mol. The standard InChI is InChI=1S/C18H14O6/c1-21-17(19)15-13(7-9-22-15)11-24-18(20)16-14(8-10-23-16)12-5-3-2-4-6-12/h2-10H,11H2,1H3. The van der Waals surface area contributed by atoms with Crippen molar-refractivity contribution in [3.05, 3.63) is 72.1 Å². The second-order valence-electron chi connectivity index (χ2n) is 4.87. The third kappa shape index (κ3) is 3.08. The highest BCUT2D eigenvalue weighted by Gasteiger charge is 2.21. The van der Waals surface area contributed by atoms with E-state index in [4.69, 9.17) is 13.6 Å². The fourth-order valence-corrected chi connectivity index (χ4v) is 2.24. The minimum Gasteiger partial charge on any atom is -0.463 e. The average molecular weight is 326 g/mol.